The van der Waals surface area contributed by atoms with Gasteiger partial charge in [0.2, 0.25) is 0 Å². The Morgan fingerprint density at radius 3 is 2.85 bits per heavy atom. The van der Waals surface area contributed by atoms with Crippen molar-refractivity contribution in [3.63, 3.8) is 0 Å². The van der Waals surface area contributed by atoms with E-state index in [0.717, 1.165) is 0 Å². The maximum absolute atomic E-state index is 10.8. The largest absolute Gasteiger partial charge is 0.508 e. The molecule has 4 nitrogen and oxygen atoms in total. The molecule has 1 aromatic rings. The fourth-order valence-corrected chi connectivity index (χ4v) is 1.34. The van der Waals surface area contributed by atoms with Gasteiger partial charge < -0.3 is 9.94 Å². The standard InChI is InChI=1S/C9H9NO3/c11-8-4-2-1-3-6(8)7-5-9(12)13-10-7/h1-4,7,10-11H,5H2. The minimum absolute atomic E-state index is 0.179. The molecule has 0 bridgehead atoms. The first-order valence-electron chi connectivity index (χ1n) is 4.00. The predicted molar refractivity (Wildman–Crippen MR) is 44.7 cm³/mol. The SMILES string of the molecule is O=C1CC(c2ccccc2O)NO1. The second-order valence-electron chi connectivity index (χ2n) is 2.91. The van der Waals surface area contributed by atoms with E-state index in [2.05, 4.69) is 10.3 Å². The predicted octanol–water partition coefficient (Wildman–Crippen LogP) is 0.885. The number of carbonyl (C=O) groups excluding carboxylic acids is 1. The smallest absolute Gasteiger partial charge is 0.326 e. The van der Waals surface area contributed by atoms with E-state index in [0.29, 0.717) is 5.56 Å². The highest BCUT2D eigenvalue weighted by molar-refractivity contribution is 5.72. The number of phenolic OH excluding ortho intramolecular Hbond substituents is 1. The summed E-state index contributed by atoms with van der Waals surface area (Å²) < 4.78 is 0. The number of hydrogen-bond acceptors (Lipinski definition) is 4. The first-order chi connectivity index (χ1) is 6.27. The van der Waals surface area contributed by atoms with E-state index in [1.807, 2.05) is 0 Å². The van der Waals surface area contributed by atoms with Crippen LogP contribution in [0.1, 0.15) is 18.0 Å². The van der Waals surface area contributed by atoms with Gasteiger partial charge in [0.15, 0.2) is 0 Å². The molecule has 0 radical (unpaired) electrons. The molecular formula is C9H9NO3. The number of benzene rings is 1. The summed E-state index contributed by atoms with van der Waals surface area (Å²) in [6.45, 7) is 0. The van der Waals surface area contributed by atoms with Crippen LogP contribution in [0.3, 0.4) is 0 Å². The molecule has 1 aliphatic heterocycles. The van der Waals surface area contributed by atoms with Crippen molar-refractivity contribution in [3.05, 3.63) is 29.8 Å². The van der Waals surface area contributed by atoms with Crippen LogP contribution in [0.4, 0.5) is 0 Å². The molecule has 1 aliphatic rings. The molecule has 0 spiro atoms. The zero-order valence-corrected chi connectivity index (χ0v) is 6.86. The summed E-state index contributed by atoms with van der Waals surface area (Å²) in [4.78, 5) is 15.3. The molecule has 1 fully saturated rings. The first kappa shape index (κ1) is 8.07. The Morgan fingerprint density at radius 2 is 2.23 bits per heavy atom. The number of hydrogen-bond donors (Lipinski definition) is 2. The van der Waals surface area contributed by atoms with Gasteiger partial charge in [-0.2, -0.15) is 0 Å². The minimum Gasteiger partial charge on any atom is -0.508 e. The van der Waals surface area contributed by atoms with Gasteiger partial charge in [-0.05, 0) is 6.07 Å². The molecular weight excluding hydrogens is 170 g/mol. The number of carbonyl (C=O) groups is 1. The fraction of sp³-hybridized carbons (Fsp3) is 0.222. The Bertz CT molecular complexity index is 337. The first-order valence-corrected chi connectivity index (χ1v) is 4.00. The molecule has 0 aliphatic carbocycles. The Labute approximate surface area is 75.1 Å². The summed E-state index contributed by atoms with van der Waals surface area (Å²) >= 11 is 0. The van der Waals surface area contributed by atoms with Crippen LogP contribution in [-0.2, 0) is 9.63 Å². The zero-order valence-electron chi connectivity index (χ0n) is 6.86. The maximum atomic E-state index is 10.8. The third kappa shape index (κ3) is 1.48. The highest BCUT2D eigenvalue weighted by atomic mass is 16.7. The van der Waals surface area contributed by atoms with Crippen molar-refractivity contribution < 1.29 is 14.7 Å². The molecule has 1 aromatic carbocycles. The molecule has 0 aromatic heterocycles. The molecule has 68 valence electrons. The number of aromatic hydroxyl groups is 1. The second kappa shape index (κ2) is 3.06. The Hall–Kier alpha value is -1.55. The molecule has 2 rings (SSSR count). The monoisotopic (exact) mass is 179 g/mol. The third-order valence-corrected chi connectivity index (χ3v) is 2.00. The van der Waals surface area contributed by atoms with E-state index in [9.17, 15) is 9.90 Å². The van der Waals surface area contributed by atoms with E-state index in [1.165, 1.54) is 0 Å². The van der Waals surface area contributed by atoms with Crippen molar-refractivity contribution in [1.29, 1.82) is 0 Å². The van der Waals surface area contributed by atoms with Crippen LogP contribution in [0, 0.1) is 0 Å². The lowest BCUT2D eigenvalue weighted by atomic mass is 10.0. The number of nitrogens with one attached hydrogen (secondary N) is 1. The summed E-state index contributed by atoms with van der Waals surface area (Å²) in [6.07, 6.45) is 0.261. The quantitative estimate of drug-likeness (QED) is 0.672. The van der Waals surface area contributed by atoms with Gasteiger partial charge in [0.05, 0.1) is 12.5 Å². The van der Waals surface area contributed by atoms with Crippen LogP contribution in [0.5, 0.6) is 5.75 Å². The number of hydroxylamine groups is 1. The van der Waals surface area contributed by atoms with Crippen LogP contribution >= 0.6 is 0 Å². The van der Waals surface area contributed by atoms with Crippen LogP contribution in [0.2, 0.25) is 0 Å². The maximum Gasteiger partial charge on any atom is 0.326 e. The average Bonchev–Trinajstić information content (AvgIpc) is 2.53. The molecule has 2 N–H and O–H groups in total. The molecule has 4 heteroatoms. The lowest BCUT2D eigenvalue weighted by Gasteiger charge is -2.08. The molecule has 1 heterocycles. The van der Waals surface area contributed by atoms with Crippen LogP contribution in [-0.4, -0.2) is 11.1 Å². The summed E-state index contributed by atoms with van der Waals surface area (Å²) in [5.41, 5.74) is 3.24. The zero-order chi connectivity index (χ0) is 9.26. The Kier molecular flexibility index (Phi) is 1.90. The fourth-order valence-electron chi connectivity index (χ4n) is 1.34. The van der Waals surface area contributed by atoms with Crippen LogP contribution in [0.25, 0.3) is 0 Å². The molecule has 1 atom stereocenters. The second-order valence-corrected chi connectivity index (χ2v) is 2.91. The van der Waals surface area contributed by atoms with Gasteiger partial charge in [-0.1, -0.05) is 18.2 Å². The van der Waals surface area contributed by atoms with E-state index in [1.54, 1.807) is 24.3 Å². The van der Waals surface area contributed by atoms with Crippen LogP contribution < -0.4 is 5.48 Å². The van der Waals surface area contributed by atoms with Crippen LogP contribution in [0.15, 0.2) is 24.3 Å². The molecule has 1 saturated heterocycles. The number of phenols is 1. The average molecular weight is 179 g/mol. The van der Waals surface area contributed by atoms with E-state index >= 15 is 0 Å². The third-order valence-electron chi connectivity index (χ3n) is 2.00. The van der Waals surface area contributed by atoms with Crippen molar-refractivity contribution >= 4 is 5.97 Å². The molecule has 13 heavy (non-hydrogen) atoms. The summed E-state index contributed by atoms with van der Waals surface area (Å²) in [6, 6.07) is 6.65. The topological polar surface area (TPSA) is 58.6 Å². The molecule has 1 unspecified atom stereocenters. The van der Waals surface area contributed by atoms with Crippen molar-refractivity contribution in [2.24, 2.45) is 0 Å². The summed E-state index contributed by atoms with van der Waals surface area (Å²) in [7, 11) is 0. The van der Waals surface area contributed by atoms with E-state index in [-0.39, 0.29) is 24.2 Å². The Balaban J connectivity index is 2.26. The van der Waals surface area contributed by atoms with Gasteiger partial charge in [0.25, 0.3) is 0 Å². The molecule has 0 amide bonds. The van der Waals surface area contributed by atoms with Crippen molar-refractivity contribution in [1.82, 2.24) is 5.48 Å². The van der Waals surface area contributed by atoms with Crippen molar-refractivity contribution in [2.45, 2.75) is 12.5 Å². The van der Waals surface area contributed by atoms with E-state index in [4.69, 9.17) is 0 Å². The molecule has 0 saturated carbocycles. The lowest BCUT2D eigenvalue weighted by Crippen LogP contribution is -2.11. The summed E-state index contributed by atoms with van der Waals surface area (Å²) in [5.74, 6) is -0.119. The minimum atomic E-state index is -0.298. The van der Waals surface area contributed by atoms with Gasteiger partial charge in [0.1, 0.15) is 5.75 Å². The highest BCUT2D eigenvalue weighted by Gasteiger charge is 2.26. The van der Waals surface area contributed by atoms with Crippen molar-refractivity contribution in [3.8, 4) is 5.75 Å². The van der Waals surface area contributed by atoms with Gasteiger partial charge in [0, 0.05) is 5.56 Å². The summed E-state index contributed by atoms with van der Waals surface area (Å²) in [5, 5.41) is 9.45. The highest BCUT2D eigenvalue weighted by Crippen LogP contribution is 2.28. The van der Waals surface area contributed by atoms with Crippen molar-refractivity contribution in [2.75, 3.05) is 0 Å². The Morgan fingerprint density at radius 1 is 1.46 bits per heavy atom. The van der Waals surface area contributed by atoms with Gasteiger partial charge in [-0.15, -0.1) is 5.48 Å². The van der Waals surface area contributed by atoms with E-state index < -0.39 is 0 Å². The number of para-hydroxylation sites is 1. The van der Waals surface area contributed by atoms with Gasteiger partial charge >= 0.3 is 5.97 Å². The van der Waals surface area contributed by atoms with Gasteiger partial charge in [-0.3, -0.25) is 4.79 Å². The lowest BCUT2D eigenvalue weighted by molar-refractivity contribution is -0.143. The number of rotatable bonds is 1. The van der Waals surface area contributed by atoms with Gasteiger partial charge in [-0.25, -0.2) is 0 Å². The normalized spacial score (nSPS) is 21.5.